The molecule has 0 aromatic carbocycles. The second-order valence-corrected chi connectivity index (χ2v) is 7.49. The fraction of sp³-hybridized carbons (Fsp3) is 0.783. The lowest BCUT2D eigenvalue weighted by Crippen LogP contribution is -1.95. The van der Waals surface area contributed by atoms with Gasteiger partial charge in [-0.3, -0.25) is 0 Å². The van der Waals surface area contributed by atoms with E-state index in [0.29, 0.717) is 0 Å². The Morgan fingerprint density at radius 3 is 1.88 bits per heavy atom. The fourth-order valence-electron chi connectivity index (χ4n) is 3.19. The summed E-state index contributed by atoms with van der Waals surface area (Å²) in [6, 6.07) is 0. The number of carboxylic acids is 1. The topological polar surface area (TPSA) is 37.3 Å². The Balaban J connectivity index is 3.27. The standard InChI is InChI=1S/C23H42O2/c1-3-4-5-6-7-10-13-16-19-22(2)20-17-14-11-8-9-12-15-18-21-23(24)25/h12,15,18,21-22H,3-11,13-14,16-17,19-20H2,1-2H3,(H,24,25). The summed E-state index contributed by atoms with van der Waals surface area (Å²) in [6.45, 7) is 4.69. The van der Waals surface area contributed by atoms with Crippen LogP contribution in [0.4, 0.5) is 0 Å². The van der Waals surface area contributed by atoms with Crippen LogP contribution in [0.3, 0.4) is 0 Å². The lowest BCUT2D eigenvalue weighted by Gasteiger charge is -2.11. The zero-order valence-electron chi connectivity index (χ0n) is 16.8. The van der Waals surface area contributed by atoms with Crippen molar-refractivity contribution in [3.8, 4) is 0 Å². The summed E-state index contributed by atoms with van der Waals surface area (Å²) in [5.41, 5.74) is 0. The van der Waals surface area contributed by atoms with Gasteiger partial charge in [-0.15, -0.1) is 0 Å². The van der Waals surface area contributed by atoms with Crippen LogP contribution in [0.2, 0.25) is 0 Å². The number of carbonyl (C=O) groups is 1. The summed E-state index contributed by atoms with van der Waals surface area (Å²) in [4.78, 5) is 10.3. The normalized spacial score (nSPS) is 13.0. The third-order valence-electron chi connectivity index (χ3n) is 4.85. The van der Waals surface area contributed by atoms with Crippen molar-refractivity contribution in [3.05, 3.63) is 24.3 Å². The van der Waals surface area contributed by atoms with Crippen LogP contribution < -0.4 is 0 Å². The van der Waals surface area contributed by atoms with E-state index in [1.54, 1.807) is 6.08 Å². The van der Waals surface area contributed by atoms with Crippen molar-refractivity contribution in [2.75, 3.05) is 0 Å². The zero-order chi connectivity index (χ0) is 18.6. The van der Waals surface area contributed by atoms with Crippen LogP contribution >= 0.6 is 0 Å². The Kier molecular flexibility index (Phi) is 18.5. The van der Waals surface area contributed by atoms with Gasteiger partial charge in [-0.1, -0.05) is 116 Å². The van der Waals surface area contributed by atoms with Gasteiger partial charge in [0.25, 0.3) is 0 Å². The van der Waals surface area contributed by atoms with E-state index in [2.05, 4.69) is 19.9 Å². The molecule has 0 amide bonds. The van der Waals surface area contributed by atoms with Crippen molar-refractivity contribution in [1.82, 2.24) is 0 Å². The van der Waals surface area contributed by atoms with Gasteiger partial charge in [0.15, 0.2) is 0 Å². The van der Waals surface area contributed by atoms with Crippen LogP contribution in [-0.2, 0) is 4.79 Å². The maximum atomic E-state index is 10.3. The largest absolute Gasteiger partial charge is 0.478 e. The average Bonchev–Trinajstić information content (AvgIpc) is 2.58. The minimum atomic E-state index is -0.884. The zero-order valence-corrected chi connectivity index (χ0v) is 16.8. The molecule has 0 radical (unpaired) electrons. The number of allylic oxidation sites excluding steroid dienone is 3. The number of rotatable bonds is 18. The smallest absolute Gasteiger partial charge is 0.328 e. The second kappa shape index (κ2) is 19.3. The van der Waals surface area contributed by atoms with Crippen LogP contribution in [0.1, 0.15) is 110 Å². The van der Waals surface area contributed by atoms with E-state index in [1.807, 2.05) is 6.08 Å². The maximum absolute atomic E-state index is 10.3. The van der Waals surface area contributed by atoms with Crippen molar-refractivity contribution in [1.29, 1.82) is 0 Å². The fourth-order valence-corrected chi connectivity index (χ4v) is 3.19. The molecule has 0 aliphatic heterocycles. The van der Waals surface area contributed by atoms with E-state index in [9.17, 15) is 4.79 Å². The van der Waals surface area contributed by atoms with Crippen molar-refractivity contribution in [2.24, 2.45) is 5.92 Å². The van der Waals surface area contributed by atoms with Gasteiger partial charge in [-0.25, -0.2) is 4.79 Å². The van der Waals surface area contributed by atoms with Gasteiger partial charge in [-0.05, 0) is 18.8 Å². The minimum absolute atomic E-state index is 0.884. The van der Waals surface area contributed by atoms with Gasteiger partial charge in [0.2, 0.25) is 0 Å². The van der Waals surface area contributed by atoms with E-state index >= 15 is 0 Å². The van der Waals surface area contributed by atoms with E-state index in [0.717, 1.165) is 12.3 Å². The molecule has 0 spiro atoms. The van der Waals surface area contributed by atoms with E-state index < -0.39 is 5.97 Å². The van der Waals surface area contributed by atoms with Gasteiger partial charge < -0.3 is 5.11 Å². The molecule has 0 bridgehead atoms. The van der Waals surface area contributed by atoms with Crippen LogP contribution in [0, 0.1) is 5.92 Å². The molecule has 0 aliphatic carbocycles. The third kappa shape index (κ3) is 20.9. The molecule has 0 aliphatic rings. The predicted octanol–water partition coefficient (Wildman–Crippen LogP) is 7.69. The molecule has 0 aromatic rings. The molecule has 1 unspecified atom stereocenters. The lowest BCUT2D eigenvalue weighted by atomic mass is 9.96. The summed E-state index contributed by atoms with van der Waals surface area (Å²) in [7, 11) is 0. The van der Waals surface area contributed by atoms with E-state index in [-0.39, 0.29) is 0 Å². The van der Waals surface area contributed by atoms with Gasteiger partial charge in [-0.2, -0.15) is 0 Å². The van der Waals surface area contributed by atoms with Gasteiger partial charge >= 0.3 is 5.97 Å². The number of hydrogen-bond donors (Lipinski definition) is 1. The molecule has 0 saturated heterocycles. The molecular weight excluding hydrogens is 308 g/mol. The van der Waals surface area contributed by atoms with E-state index in [4.69, 9.17) is 5.11 Å². The van der Waals surface area contributed by atoms with E-state index in [1.165, 1.54) is 96.0 Å². The van der Waals surface area contributed by atoms with Crippen LogP contribution in [0.5, 0.6) is 0 Å². The molecule has 0 fully saturated rings. The lowest BCUT2D eigenvalue weighted by molar-refractivity contribution is -0.131. The molecule has 0 aromatic heterocycles. The predicted molar refractivity (Wildman–Crippen MR) is 110 cm³/mol. The summed E-state index contributed by atoms with van der Waals surface area (Å²) >= 11 is 0. The van der Waals surface area contributed by atoms with Crippen LogP contribution in [0.25, 0.3) is 0 Å². The summed E-state index contributed by atoms with van der Waals surface area (Å²) in [5, 5.41) is 8.46. The number of hydrogen-bond acceptors (Lipinski definition) is 1. The van der Waals surface area contributed by atoms with Crippen LogP contribution in [0.15, 0.2) is 24.3 Å². The SMILES string of the molecule is CCCCCCCCCCC(C)CCCCCCC=CC=CC(=O)O. The Hall–Kier alpha value is -1.05. The quantitative estimate of drug-likeness (QED) is 0.156. The Morgan fingerprint density at radius 2 is 1.32 bits per heavy atom. The maximum Gasteiger partial charge on any atom is 0.328 e. The second-order valence-electron chi connectivity index (χ2n) is 7.49. The first kappa shape index (κ1) is 23.9. The first-order valence-corrected chi connectivity index (χ1v) is 10.7. The summed E-state index contributed by atoms with van der Waals surface area (Å²) < 4.78 is 0. The first-order chi connectivity index (χ1) is 12.2. The van der Waals surface area contributed by atoms with Crippen molar-refractivity contribution in [2.45, 2.75) is 110 Å². The number of aliphatic carboxylic acids is 1. The van der Waals surface area contributed by atoms with Crippen molar-refractivity contribution < 1.29 is 9.90 Å². The molecule has 25 heavy (non-hydrogen) atoms. The van der Waals surface area contributed by atoms with Gasteiger partial charge in [0, 0.05) is 6.08 Å². The Labute approximate surface area is 156 Å². The highest BCUT2D eigenvalue weighted by atomic mass is 16.4. The molecule has 1 N–H and O–H groups in total. The molecule has 2 nitrogen and oxygen atoms in total. The number of unbranched alkanes of at least 4 members (excludes halogenated alkanes) is 11. The molecule has 0 rings (SSSR count). The highest BCUT2D eigenvalue weighted by molar-refractivity contribution is 5.80. The molecule has 0 heterocycles. The van der Waals surface area contributed by atoms with Gasteiger partial charge in [0.05, 0.1) is 0 Å². The minimum Gasteiger partial charge on any atom is -0.478 e. The number of carboxylic acid groups (broad SMARTS) is 1. The third-order valence-corrected chi connectivity index (χ3v) is 4.85. The Morgan fingerprint density at radius 1 is 0.800 bits per heavy atom. The molecule has 1 atom stereocenters. The average molecular weight is 351 g/mol. The summed E-state index contributed by atoms with van der Waals surface area (Å²) in [6.07, 6.45) is 27.1. The molecule has 146 valence electrons. The first-order valence-electron chi connectivity index (χ1n) is 10.7. The van der Waals surface area contributed by atoms with Crippen LogP contribution in [-0.4, -0.2) is 11.1 Å². The highest BCUT2D eigenvalue weighted by Crippen LogP contribution is 2.18. The molecular formula is C23H42O2. The van der Waals surface area contributed by atoms with Gasteiger partial charge in [0.1, 0.15) is 0 Å². The monoisotopic (exact) mass is 350 g/mol. The highest BCUT2D eigenvalue weighted by Gasteiger charge is 2.02. The molecule has 0 saturated carbocycles. The Bertz CT molecular complexity index is 344. The summed E-state index contributed by atoms with van der Waals surface area (Å²) in [5.74, 6) is 0.00638. The molecule has 2 heteroatoms. The van der Waals surface area contributed by atoms with Crippen molar-refractivity contribution >= 4 is 5.97 Å². The van der Waals surface area contributed by atoms with Crippen molar-refractivity contribution in [3.63, 3.8) is 0 Å².